The summed E-state index contributed by atoms with van der Waals surface area (Å²) in [7, 11) is -8.18. The standard InChI is InChI=1S/C30H38N4O9S2/c1-5-33(13-7-15-44(38,39)40)22-9-11-24(28(17-22)31-20(3)35)26-19-27(30(26)37)25-12-10-23(18-29(25)32-21(4)36)34(6-2)14-8-16-45(41,42)43/h9-12,17-19H,5-8,13-16H2,1-4H3,(H,31,35)(H,38,39,40)(H,41,42,43)/p+1. The molecule has 1 atom stereocenters. The SMILES string of the molecule is CCN(CCCS(=O)(=O)O)C1=CC(=NC(C)=O)C(=C2C=C(c3ccc([NH+](CC)CCCS(=O)(=O)O)cc3NC(C)=O)C2=O)C=C1. The molecule has 1 aromatic carbocycles. The fraction of sp³-hybridized carbons (Fsp3) is 0.400. The molecule has 0 saturated heterocycles. The zero-order valence-electron chi connectivity index (χ0n) is 25.7. The van der Waals surface area contributed by atoms with Crippen molar-refractivity contribution in [2.75, 3.05) is 43.0 Å². The van der Waals surface area contributed by atoms with E-state index in [0.717, 1.165) is 10.6 Å². The molecule has 4 N–H and O–H groups in total. The third-order valence-corrected chi connectivity index (χ3v) is 8.85. The van der Waals surface area contributed by atoms with Crippen molar-refractivity contribution < 1.29 is 45.2 Å². The van der Waals surface area contributed by atoms with Crippen molar-refractivity contribution in [1.82, 2.24) is 4.90 Å². The van der Waals surface area contributed by atoms with Crippen LogP contribution in [0.1, 0.15) is 46.1 Å². The van der Waals surface area contributed by atoms with E-state index in [1.807, 2.05) is 18.7 Å². The minimum absolute atomic E-state index is 0.188. The Labute approximate surface area is 263 Å². The number of benzene rings is 1. The highest BCUT2D eigenvalue weighted by molar-refractivity contribution is 7.86. The molecule has 0 heterocycles. The van der Waals surface area contributed by atoms with Gasteiger partial charge in [-0.1, -0.05) is 6.08 Å². The molecule has 0 aromatic heterocycles. The minimum atomic E-state index is -4.10. The topological polar surface area (TPSA) is 192 Å². The van der Waals surface area contributed by atoms with E-state index in [1.165, 1.54) is 13.8 Å². The number of rotatable bonds is 14. The molecule has 244 valence electrons. The number of amides is 2. The highest BCUT2D eigenvalue weighted by atomic mass is 32.2. The van der Waals surface area contributed by atoms with Crippen molar-refractivity contribution in [3.63, 3.8) is 0 Å². The summed E-state index contributed by atoms with van der Waals surface area (Å²) in [5.74, 6) is -1.88. The average Bonchev–Trinajstić information content (AvgIpc) is 2.92. The largest absolute Gasteiger partial charge is 0.372 e. The van der Waals surface area contributed by atoms with Gasteiger partial charge in [-0.25, -0.2) is 4.99 Å². The highest BCUT2D eigenvalue weighted by Crippen LogP contribution is 2.38. The average molecular weight is 664 g/mol. The van der Waals surface area contributed by atoms with Crippen molar-refractivity contribution in [3.8, 4) is 0 Å². The van der Waals surface area contributed by atoms with Gasteiger partial charge in [-0.2, -0.15) is 16.8 Å². The number of ketones is 1. The van der Waals surface area contributed by atoms with Gasteiger partial charge in [0, 0.05) is 67.4 Å². The Kier molecular flexibility index (Phi) is 11.9. The Bertz CT molecular complexity index is 1740. The van der Waals surface area contributed by atoms with Crippen LogP contribution in [0.3, 0.4) is 0 Å². The molecule has 2 aliphatic rings. The van der Waals surface area contributed by atoms with Gasteiger partial charge < -0.3 is 15.1 Å². The number of anilines is 1. The first-order chi connectivity index (χ1) is 21.0. The number of aliphatic imine (C=N–C) groups is 1. The van der Waals surface area contributed by atoms with E-state index in [4.69, 9.17) is 9.11 Å². The maximum atomic E-state index is 13.5. The van der Waals surface area contributed by atoms with Gasteiger partial charge in [0.25, 0.3) is 20.2 Å². The summed E-state index contributed by atoms with van der Waals surface area (Å²) in [5, 5.41) is 2.77. The zero-order valence-corrected chi connectivity index (χ0v) is 27.3. The second kappa shape index (κ2) is 15.0. The van der Waals surface area contributed by atoms with E-state index < -0.39 is 26.1 Å². The molecular formula is C30H39N4O9S2+. The normalized spacial score (nSPS) is 18.3. The molecule has 0 fully saturated rings. The molecule has 2 amide bonds. The summed E-state index contributed by atoms with van der Waals surface area (Å²) < 4.78 is 62.7. The number of nitrogens with zero attached hydrogens (tertiary/aromatic N) is 2. The predicted molar refractivity (Wildman–Crippen MR) is 171 cm³/mol. The van der Waals surface area contributed by atoms with E-state index in [1.54, 1.807) is 42.5 Å². The monoisotopic (exact) mass is 663 g/mol. The summed E-state index contributed by atoms with van der Waals surface area (Å²) in [4.78, 5) is 44.5. The predicted octanol–water partition coefficient (Wildman–Crippen LogP) is 1.76. The Hall–Kier alpha value is -3.76. The minimum Gasteiger partial charge on any atom is -0.372 e. The van der Waals surface area contributed by atoms with Crippen molar-refractivity contribution in [3.05, 3.63) is 64.9 Å². The van der Waals surface area contributed by atoms with Crippen LogP contribution in [0.25, 0.3) is 5.57 Å². The first-order valence-electron chi connectivity index (χ1n) is 14.4. The third kappa shape index (κ3) is 10.1. The van der Waals surface area contributed by atoms with Gasteiger partial charge in [-0.3, -0.25) is 23.5 Å². The van der Waals surface area contributed by atoms with E-state index >= 15 is 0 Å². The molecule has 13 nitrogen and oxygen atoms in total. The fourth-order valence-electron chi connectivity index (χ4n) is 5.14. The molecule has 0 bridgehead atoms. The Morgan fingerprint density at radius 2 is 1.62 bits per heavy atom. The second-order valence-electron chi connectivity index (χ2n) is 10.6. The van der Waals surface area contributed by atoms with Crippen LogP contribution in [0.4, 0.5) is 11.4 Å². The molecule has 15 heteroatoms. The molecule has 2 aliphatic carbocycles. The molecule has 0 saturated carbocycles. The molecule has 1 aromatic rings. The number of quaternary nitrogens is 1. The Morgan fingerprint density at radius 3 is 2.18 bits per heavy atom. The van der Waals surface area contributed by atoms with Gasteiger partial charge >= 0.3 is 0 Å². The van der Waals surface area contributed by atoms with Crippen molar-refractivity contribution in [2.24, 2.45) is 4.99 Å². The Morgan fingerprint density at radius 1 is 0.956 bits per heavy atom. The van der Waals surface area contributed by atoms with Crippen molar-refractivity contribution >= 4 is 60.5 Å². The van der Waals surface area contributed by atoms with E-state index in [0.29, 0.717) is 59.8 Å². The molecule has 0 aliphatic heterocycles. The second-order valence-corrected chi connectivity index (χ2v) is 13.8. The summed E-state index contributed by atoms with van der Waals surface area (Å²) in [5.41, 5.74) is 3.73. The Balaban J connectivity index is 1.95. The van der Waals surface area contributed by atoms with Crippen LogP contribution in [0.15, 0.2) is 64.3 Å². The number of hydrogen-bond donors (Lipinski definition) is 4. The third-order valence-electron chi connectivity index (χ3n) is 7.24. The first-order valence-corrected chi connectivity index (χ1v) is 17.7. The molecule has 0 spiro atoms. The molecule has 45 heavy (non-hydrogen) atoms. The number of carbonyl (C=O) groups is 3. The molecule has 3 rings (SSSR count). The molecular weight excluding hydrogens is 624 g/mol. The van der Waals surface area contributed by atoms with Gasteiger partial charge in [0.05, 0.1) is 36.0 Å². The zero-order chi connectivity index (χ0) is 33.5. The summed E-state index contributed by atoms with van der Waals surface area (Å²) in [6, 6.07) is 5.25. The molecule has 1 unspecified atom stereocenters. The number of nitrogens with one attached hydrogen (secondary N) is 2. The fourth-order valence-corrected chi connectivity index (χ4v) is 6.15. The summed E-state index contributed by atoms with van der Waals surface area (Å²) in [6.07, 6.45) is 7.16. The number of allylic oxidation sites excluding steroid dienone is 7. The lowest BCUT2D eigenvalue weighted by molar-refractivity contribution is -0.830. The number of hydrogen-bond acceptors (Lipinski definition) is 8. The highest BCUT2D eigenvalue weighted by Gasteiger charge is 2.32. The van der Waals surface area contributed by atoms with Gasteiger partial charge in [0.15, 0.2) is 5.78 Å². The number of Topliss-reactive ketones (excluding diaryl/α,β-unsaturated/α-hetero) is 1. The van der Waals surface area contributed by atoms with Crippen LogP contribution in [0, 0.1) is 0 Å². The van der Waals surface area contributed by atoms with Gasteiger partial charge in [-0.15, -0.1) is 0 Å². The van der Waals surface area contributed by atoms with Gasteiger partial charge in [-0.05, 0) is 50.6 Å². The van der Waals surface area contributed by atoms with Crippen LogP contribution >= 0.6 is 0 Å². The summed E-state index contributed by atoms with van der Waals surface area (Å²) in [6.45, 7) is 8.31. The summed E-state index contributed by atoms with van der Waals surface area (Å²) >= 11 is 0. The van der Waals surface area contributed by atoms with Crippen LogP contribution in [-0.2, 0) is 34.6 Å². The van der Waals surface area contributed by atoms with Gasteiger partial charge in [0.2, 0.25) is 11.8 Å². The van der Waals surface area contributed by atoms with Crippen LogP contribution in [-0.4, -0.2) is 91.8 Å². The van der Waals surface area contributed by atoms with Crippen molar-refractivity contribution in [1.29, 1.82) is 0 Å². The smallest absolute Gasteiger partial charge is 0.265 e. The lowest BCUT2D eigenvalue weighted by Crippen LogP contribution is -3.07. The van der Waals surface area contributed by atoms with E-state index in [2.05, 4.69) is 10.3 Å². The van der Waals surface area contributed by atoms with E-state index in [9.17, 15) is 31.2 Å². The van der Waals surface area contributed by atoms with Crippen molar-refractivity contribution in [2.45, 2.75) is 40.5 Å². The quantitative estimate of drug-likeness (QED) is 0.168. The van der Waals surface area contributed by atoms with Crippen LogP contribution < -0.4 is 10.2 Å². The molecule has 0 radical (unpaired) electrons. The lowest BCUT2D eigenvalue weighted by atomic mass is 9.80. The maximum absolute atomic E-state index is 13.5. The van der Waals surface area contributed by atoms with Crippen LogP contribution in [0.5, 0.6) is 0 Å². The van der Waals surface area contributed by atoms with E-state index in [-0.39, 0.29) is 41.7 Å². The maximum Gasteiger partial charge on any atom is 0.265 e. The number of likely N-dealkylation sites (N-methyl/N-ethyl adjacent to an activating group) is 1. The van der Waals surface area contributed by atoms with Gasteiger partial charge in [0.1, 0.15) is 5.69 Å². The number of carbonyl (C=O) groups excluding carboxylic acids is 3. The van der Waals surface area contributed by atoms with Crippen LogP contribution in [0.2, 0.25) is 0 Å². The first kappa shape index (κ1) is 35.7. The lowest BCUT2D eigenvalue weighted by Gasteiger charge is -2.28.